The highest BCUT2D eigenvalue weighted by Gasteiger charge is 2.15. The molecule has 1 amide bonds. The molecule has 144 valence electrons. The first kappa shape index (κ1) is 21.7. The molecule has 1 unspecified atom stereocenters. The van der Waals surface area contributed by atoms with Gasteiger partial charge in [0.1, 0.15) is 0 Å². The van der Waals surface area contributed by atoms with Crippen LogP contribution in [0.1, 0.15) is 58.9 Å². The predicted molar refractivity (Wildman–Crippen MR) is 104 cm³/mol. The highest BCUT2D eigenvalue weighted by atomic mass is 16.5. The molecule has 1 atom stereocenters. The standard InChI is InChI=1S/C21H31NO4/c1-5-7-8-18(6-2)20(24)22-19-11-9-17(10-12-19)13-14-26-21(25)15(3)16(4)23/h9-12,18,23H,5-8,13-14H2,1-4H3,(H,22,24)/b16-15-. The van der Waals surface area contributed by atoms with Crippen molar-refractivity contribution in [3.63, 3.8) is 0 Å². The van der Waals surface area contributed by atoms with E-state index in [0.29, 0.717) is 6.42 Å². The number of rotatable bonds is 10. The molecule has 2 N–H and O–H groups in total. The van der Waals surface area contributed by atoms with Crippen LogP contribution in [0.5, 0.6) is 0 Å². The summed E-state index contributed by atoms with van der Waals surface area (Å²) in [6.45, 7) is 7.39. The summed E-state index contributed by atoms with van der Waals surface area (Å²) in [5, 5.41) is 12.2. The van der Waals surface area contributed by atoms with Crippen LogP contribution in [0.4, 0.5) is 5.69 Å². The summed E-state index contributed by atoms with van der Waals surface area (Å²) in [7, 11) is 0. The van der Waals surface area contributed by atoms with Gasteiger partial charge >= 0.3 is 5.97 Å². The molecule has 5 nitrogen and oxygen atoms in total. The molecular weight excluding hydrogens is 330 g/mol. The maximum Gasteiger partial charge on any atom is 0.337 e. The minimum absolute atomic E-state index is 0.0283. The minimum atomic E-state index is -0.508. The molecule has 0 radical (unpaired) electrons. The number of esters is 1. The molecule has 5 heteroatoms. The molecular formula is C21H31NO4. The number of nitrogens with one attached hydrogen (secondary N) is 1. The average molecular weight is 361 g/mol. The molecule has 0 heterocycles. The van der Waals surface area contributed by atoms with Gasteiger partial charge in [-0.1, -0.05) is 38.8 Å². The second-order valence-electron chi connectivity index (χ2n) is 6.53. The van der Waals surface area contributed by atoms with E-state index in [2.05, 4.69) is 12.2 Å². The van der Waals surface area contributed by atoms with Crippen molar-refractivity contribution in [1.82, 2.24) is 0 Å². The molecule has 0 saturated heterocycles. The lowest BCUT2D eigenvalue weighted by Crippen LogP contribution is -2.22. The van der Waals surface area contributed by atoms with Crippen molar-refractivity contribution in [2.75, 3.05) is 11.9 Å². The van der Waals surface area contributed by atoms with E-state index in [1.54, 1.807) is 0 Å². The molecule has 0 saturated carbocycles. The Morgan fingerprint density at radius 3 is 2.35 bits per heavy atom. The maximum absolute atomic E-state index is 12.3. The number of allylic oxidation sites excluding steroid dienone is 1. The van der Waals surface area contributed by atoms with E-state index >= 15 is 0 Å². The zero-order valence-corrected chi connectivity index (χ0v) is 16.3. The van der Waals surface area contributed by atoms with Crippen molar-refractivity contribution in [1.29, 1.82) is 0 Å². The summed E-state index contributed by atoms with van der Waals surface area (Å²) in [5.74, 6) is -0.407. The number of hydrogen-bond donors (Lipinski definition) is 2. The third-order valence-corrected chi connectivity index (χ3v) is 4.46. The van der Waals surface area contributed by atoms with Crippen LogP contribution in [0.2, 0.25) is 0 Å². The Morgan fingerprint density at radius 2 is 1.81 bits per heavy atom. The fourth-order valence-electron chi connectivity index (χ4n) is 2.49. The van der Waals surface area contributed by atoms with Gasteiger partial charge in [-0.05, 0) is 44.4 Å². The van der Waals surface area contributed by atoms with Gasteiger partial charge in [0, 0.05) is 18.0 Å². The van der Waals surface area contributed by atoms with Gasteiger partial charge in [0.2, 0.25) is 5.91 Å². The molecule has 1 aromatic carbocycles. The van der Waals surface area contributed by atoms with E-state index in [1.807, 2.05) is 31.2 Å². The summed E-state index contributed by atoms with van der Waals surface area (Å²) in [6, 6.07) is 7.56. The molecule has 0 bridgehead atoms. The van der Waals surface area contributed by atoms with E-state index in [0.717, 1.165) is 36.9 Å². The lowest BCUT2D eigenvalue weighted by atomic mass is 9.98. The second-order valence-corrected chi connectivity index (χ2v) is 6.53. The van der Waals surface area contributed by atoms with Crippen molar-refractivity contribution in [3.8, 4) is 0 Å². The quantitative estimate of drug-likeness (QED) is 0.357. The first-order valence-corrected chi connectivity index (χ1v) is 9.32. The molecule has 0 spiro atoms. The number of aliphatic hydroxyl groups is 1. The van der Waals surface area contributed by atoms with Gasteiger partial charge in [-0.3, -0.25) is 4.79 Å². The number of benzene rings is 1. The molecule has 1 aromatic rings. The van der Waals surface area contributed by atoms with E-state index in [-0.39, 0.29) is 29.8 Å². The van der Waals surface area contributed by atoms with Gasteiger partial charge in [-0.15, -0.1) is 0 Å². The zero-order valence-electron chi connectivity index (χ0n) is 16.3. The SMILES string of the molecule is CCCCC(CC)C(=O)Nc1ccc(CCOC(=O)/C(C)=C(/C)O)cc1. The Balaban J connectivity index is 2.49. The van der Waals surface area contributed by atoms with E-state index in [4.69, 9.17) is 4.74 Å². The van der Waals surface area contributed by atoms with Gasteiger partial charge < -0.3 is 15.2 Å². The van der Waals surface area contributed by atoms with Crippen molar-refractivity contribution in [3.05, 3.63) is 41.2 Å². The number of ether oxygens (including phenoxy) is 1. The Morgan fingerprint density at radius 1 is 1.15 bits per heavy atom. The van der Waals surface area contributed by atoms with Crippen molar-refractivity contribution in [2.24, 2.45) is 5.92 Å². The van der Waals surface area contributed by atoms with Crippen molar-refractivity contribution < 1.29 is 19.4 Å². The van der Waals surface area contributed by atoms with Gasteiger partial charge in [0.25, 0.3) is 0 Å². The Bertz CT molecular complexity index is 615. The van der Waals surface area contributed by atoms with Crippen LogP contribution in [0.25, 0.3) is 0 Å². The number of carbonyl (C=O) groups excluding carboxylic acids is 2. The second kappa shape index (κ2) is 11.3. The number of carbonyl (C=O) groups is 2. The van der Waals surface area contributed by atoms with Gasteiger partial charge in [-0.25, -0.2) is 4.79 Å². The first-order chi connectivity index (χ1) is 12.4. The number of unbranched alkanes of at least 4 members (excludes halogenated alkanes) is 1. The van der Waals surface area contributed by atoms with E-state index in [9.17, 15) is 14.7 Å². The molecule has 1 rings (SSSR count). The van der Waals surface area contributed by atoms with Crippen LogP contribution in [-0.2, 0) is 20.7 Å². The lowest BCUT2D eigenvalue weighted by molar-refractivity contribution is -0.139. The molecule has 0 aliphatic rings. The van der Waals surface area contributed by atoms with Crippen LogP contribution in [-0.4, -0.2) is 23.6 Å². The van der Waals surface area contributed by atoms with Crippen LogP contribution in [0.3, 0.4) is 0 Å². The first-order valence-electron chi connectivity index (χ1n) is 9.32. The summed E-state index contributed by atoms with van der Waals surface area (Å²) >= 11 is 0. The third-order valence-electron chi connectivity index (χ3n) is 4.46. The zero-order chi connectivity index (χ0) is 19.5. The molecule has 0 aliphatic carbocycles. The van der Waals surface area contributed by atoms with Gasteiger partial charge in [-0.2, -0.15) is 0 Å². The van der Waals surface area contributed by atoms with Crippen LogP contribution in [0, 0.1) is 5.92 Å². The van der Waals surface area contributed by atoms with Crippen LogP contribution in [0.15, 0.2) is 35.6 Å². The highest BCUT2D eigenvalue weighted by Crippen LogP contribution is 2.17. The fraction of sp³-hybridized carbons (Fsp3) is 0.524. The maximum atomic E-state index is 12.3. The number of aliphatic hydroxyl groups excluding tert-OH is 1. The monoisotopic (exact) mass is 361 g/mol. The Kier molecular flexibility index (Phi) is 9.48. The van der Waals surface area contributed by atoms with Crippen molar-refractivity contribution in [2.45, 2.75) is 59.8 Å². The van der Waals surface area contributed by atoms with Crippen molar-refractivity contribution >= 4 is 17.6 Å². The summed E-state index contributed by atoms with van der Waals surface area (Å²) in [5.41, 5.74) is 2.01. The van der Waals surface area contributed by atoms with E-state index in [1.165, 1.54) is 13.8 Å². The fourth-order valence-corrected chi connectivity index (χ4v) is 2.49. The van der Waals surface area contributed by atoms with Gasteiger partial charge in [0.15, 0.2) is 0 Å². The summed E-state index contributed by atoms with van der Waals surface area (Å²) < 4.78 is 5.12. The number of hydrogen-bond acceptors (Lipinski definition) is 4. The van der Waals surface area contributed by atoms with Gasteiger partial charge in [0.05, 0.1) is 17.9 Å². The van der Waals surface area contributed by atoms with Crippen LogP contribution >= 0.6 is 0 Å². The summed E-state index contributed by atoms with van der Waals surface area (Å²) in [6.07, 6.45) is 4.50. The number of amides is 1. The summed E-state index contributed by atoms with van der Waals surface area (Å²) in [4.78, 5) is 23.9. The smallest absolute Gasteiger partial charge is 0.337 e. The predicted octanol–water partition coefficient (Wildman–Crippen LogP) is 4.78. The lowest BCUT2D eigenvalue weighted by Gasteiger charge is -2.14. The number of anilines is 1. The molecule has 0 aromatic heterocycles. The van der Waals surface area contributed by atoms with Crippen LogP contribution < -0.4 is 5.32 Å². The largest absolute Gasteiger partial charge is 0.512 e. The minimum Gasteiger partial charge on any atom is -0.512 e. The average Bonchev–Trinajstić information content (AvgIpc) is 2.62. The highest BCUT2D eigenvalue weighted by molar-refractivity contribution is 5.92. The normalized spacial score (nSPS) is 12.9. The third kappa shape index (κ3) is 7.30. The van der Waals surface area contributed by atoms with E-state index < -0.39 is 5.97 Å². The molecule has 0 aliphatic heterocycles. The Hall–Kier alpha value is -2.30. The molecule has 0 fully saturated rings. The topological polar surface area (TPSA) is 75.6 Å². The molecule has 26 heavy (non-hydrogen) atoms. The Labute approximate surface area is 156 Å².